The number of fused-ring (bicyclic) bond motifs is 1. The van der Waals surface area contributed by atoms with Crippen LogP contribution in [0.4, 0.5) is 4.79 Å². The van der Waals surface area contributed by atoms with Gasteiger partial charge in [0.25, 0.3) is 0 Å². The van der Waals surface area contributed by atoms with Crippen molar-refractivity contribution in [2.75, 3.05) is 26.2 Å². The zero-order chi connectivity index (χ0) is 20.6. The number of hydrogen-bond acceptors (Lipinski definition) is 3. The lowest BCUT2D eigenvalue weighted by molar-refractivity contribution is -0.123. The summed E-state index contributed by atoms with van der Waals surface area (Å²) in [5.41, 5.74) is 0.889. The van der Waals surface area contributed by atoms with Crippen molar-refractivity contribution < 1.29 is 14.3 Å². The Kier molecular flexibility index (Phi) is 5.34. The molecule has 1 saturated carbocycles. The third kappa shape index (κ3) is 3.88. The summed E-state index contributed by atoms with van der Waals surface area (Å²) in [5.74, 6) is 1.26. The van der Waals surface area contributed by atoms with Crippen LogP contribution in [0.3, 0.4) is 0 Å². The number of amides is 3. The number of carbonyl (C=O) groups excluding carboxylic acids is 2. The van der Waals surface area contributed by atoms with Crippen LogP contribution in [0.1, 0.15) is 69.3 Å². The molecule has 1 aromatic rings. The molecule has 1 aliphatic carbocycles. The molecular formula is C24H33N3O3. The summed E-state index contributed by atoms with van der Waals surface area (Å²) in [6, 6.07) is 8.75. The number of urea groups is 1. The maximum atomic E-state index is 12.8. The standard InChI is InChI=1S/C24H33N3O3/c28-22(25-19-6-5-7-19)16-18-17-24(30-21-9-2-1-8-20(18)21)10-14-27(15-11-24)23(29)26-12-3-4-13-26/h1-2,8-9,18-19H,3-7,10-17H2,(H,25,28)/t18-/m0/s1. The van der Waals surface area contributed by atoms with Gasteiger partial charge in [0.05, 0.1) is 0 Å². The predicted octanol–water partition coefficient (Wildman–Crippen LogP) is 3.66. The highest BCUT2D eigenvalue weighted by atomic mass is 16.5. The highest BCUT2D eigenvalue weighted by molar-refractivity contribution is 5.77. The summed E-state index contributed by atoms with van der Waals surface area (Å²) in [4.78, 5) is 29.4. The fraction of sp³-hybridized carbons (Fsp3) is 0.667. The molecule has 1 aromatic carbocycles. The molecule has 3 aliphatic heterocycles. The molecular weight excluding hydrogens is 378 g/mol. The van der Waals surface area contributed by atoms with Gasteiger partial charge in [-0.25, -0.2) is 4.79 Å². The number of likely N-dealkylation sites (tertiary alicyclic amines) is 2. The van der Waals surface area contributed by atoms with Crippen LogP contribution in [0, 0.1) is 0 Å². The Morgan fingerprint density at radius 3 is 2.40 bits per heavy atom. The van der Waals surface area contributed by atoms with Gasteiger partial charge in [0.2, 0.25) is 5.91 Å². The maximum absolute atomic E-state index is 12.8. The van der Waals surface area contributed by atoms with Crippen LogP contribution >= 0.6 is 0 Å². The molecule has 162 valence electrons. The van der Waals surface area contributed by atoms with Gasteiger partial charge in [-0.2, -0.15) is 0 Å². The Morgan fingerprint density at radius 1 is 1.00 bits per heavy atom. The smallest absolute Gasteiger partial charge is 0.320 e. The highest BCUT2D eigenvalue weighted by Gasteiger charge is 2.45. The summed E-state index contributed by atoms with van der Waals surface area (Å²) in [7, 11) is 0. The van der Waals surface area contributed by atoms with Crippen LogP contribution in [0.15, 0.2) is 24.3 Å². The zero-order valence-electron chi connectivity index (χ0n) is 17.8. The van der Waals surface area contributed by atoms with Gasteiger partial charge in [-0.05, 0) is 50.2 Å². The van der Waals surface area contributed by atoms with Crippen LogP contribution in [0.25, 0.3) is 0 Å². The van der Waals surface area contributed by atoms with E-state index in [-0.39, 0.29) is 23.5 Å². The number of rotatable bonds is 3. The van der Waals surface area contributed by atoms with E-state index in [0.29, 0.717) is 12.5 Å². The second-order valence-electron chi connectivity index (χ2n) is 9.59. The molecule has 3 amide bonds. The molecule has 1 N–H and O–H groups in total. The Bertz CT molecular complexity index is 793. The number of nitrogens with zero attached hydrogens (tertiary/aromatic N) is 2. The third-order valence-corrected chi connectivity index (χ3v) is 7.53. The van der Waals surface area contributed by atoms with E-state index < -0.39 is 0 Å². The number of ether oxygens (including phenoxy) is 1. The summed E-state index contributed by atoms with van der Waals surface area (Å²) in [6.45, 7) is 3.25. The summed E-state index contributed by atoms with van der Waals surface area (Å²) in [5, 5.41) is 3.20. The first-order chi connectivity index (χ1) is 14.6. The summed E-state index contributed by atoms with van der Waals surface area (Å²) >= 11 is 0. The minimum absolute atomic E-state index is 0.165. The number of carbonyl (C=O) groups is 2. The minimum atomic E-state index is -0.266. The molecule has 1 atom stereocenters. The van der Waals surface area contributed by atoms with Gasteiger partial charge in [-0.15, -0.1) is 0 Å². The van der Waals surface area contributed by atoms with Crippen molar-refractivity contribution in [1.82, 2.24) is 15.1 Å². The number of piperidine rings is 1. The van der Waals surface area contributed by atoms with Gasteiger partial charge in [0.15, 0.2) is 0 Å². The Balaban J connectivity index is 1.27. The lowest BCUT2D eigenvalue weighted by atomic mass is 9.76. The number of para-hydroxylation sites is 1. The van der Waals surface area contributed by atoms with Crippen molar-refractivity contribution in [3.63, 3.8) is 0 Å². The summed E-state index contributed by atoms with van der Waals surface area (Å²) < 4.78 is 6.56. The molecule has 1 spiro atoms. The topological polar surface area (TPSA) is 61.9 Å². The van der Waals surface area contributed by atoms with E-state index in [1.807, 2.05) is 28.0 Å². The molecule has 6 heteroatoms. The van der Waals surface area contributed by atoms with Crippen molar-refractivity contribution in [2.45, 2.75) is 75.3 Å². The van der Waals surface area contributed by atoms with E-state index in [1.165, 1.54) is 6.42 Å². The van der Waals surface area contributed by atoms with E-state index in [1.54, 1.807) is 0 Å². The Labute approximate surface area is 178 Å². The van der Waals surface area contributed by atoms with Gasteiger partial charge in [0, 0.05) is 57.4 Å². The summed E-state index contributed by atoms with van der Waals surface area (Å²) in [6.07, 6.45) is 8.73. The Hall–Kier alpha value is -2.24. The molecule has 30 heavy (non-hydrogen) atoms. The molecule has 2 saturated heterocycles. The highest BCUT2D eigenvalue weighted by Crippen LogP contribution is 2.46. The molecule has 0 aromatic heterocycles. The van der Waals surface area contributed by atoms with Crippen molar-refractivity contribution >= 4 is 11.9 Å². The largest absolute Gasteiger partial charge is 0.487 e. The van der Waals surface area contributed by atoms with E-state index in [9.17, 15) is 9.59 Å². The molecule has 0 radical (unpaired) electrons. The second-order valence-corrected chi connectivity index (χ2v) is 9.59. The molecule has 6 nitrogen and oxygen atoms in total. The van der Waals surface area contributed by atoms with Crippen molar-refractivity contribution in [2.24, 2.45) is 0 Å². The fourth-order valence-electron chi connectivity index (χ4n) is 5.51. The average Bonchev–Trinajstić information content (AvgIpc) is 3.26. The molecule has 0 unspecified atom stereocenters. The van der Waals surface area contributed by atoms with Crippen LogP contribution in [-0.4, -0.2) is 59.6 Å². The minimum Gasteiger partial charge on any atom is -0.487 e. The SMILES string of the molecule is O=C(C[C@H]1CC2(CCN(C(=O)N3CCCC3)CC2)Oc2ccccc21)NC1CCC1. The van der Waals surface area contributed by atoms with E-state index >= 15 is 0 Å². The quantitative estimate of drug-likeness (QED) is 0.826. The molecule has 5 rings (SSSR count). The van der Waals surface area contributed by atoms with E-state index in [0.717, 1.165) is 82.4 Å². The van der Waals surface area contributed by atoms with E-state index in [2.05, 4.69) is 11.4 Å². The molecule has 0 bridgehead atoms. The average molecular weight is 412 g/mol. The van der Waals surface area contributed by atoms with Crippen LogP contribution in [0.2, 0.25) is 0 Å². The number of nitrogens with one attached hydrogen (secondary N) is 1. The van der Waals surface area contributed by atoms with Gasteiger partial charge in [-0.3, -0.25) is 4.79 Å². The van der Waals surface area contributed by atoms with Gasteiger partial charge >= 0.3 is 6.03 Å². The monoisotopic (exact) mass is 411 g/mol. The number of benzene rings is 1. The maximum Gasteiger partial charge on any atom is 0.320 e. The van der Waals surface area contributed by atoms with Gasteiger partial charge in [0.1, 0.15) is 11.4 Å². The van der Waals surface area contributed by atoms with Crippen molar-refractivity contribution in [3.8, 4) is 5.75 Å². The first-order valence-corrected chi connectivity index (χ1v) is 11.7. The second kappa shape index (κ2) is 8.12. The Morgan fingerprint density at radius 2 is 1.70 bits per heavy atom. The zero-order valence-corrected chi connectivity index (χ0v) is 17.8. The van der Waals surface area contributed by atoms with E-state index in [4.69, 9.17) is 4.74 Å². The molecule has 3 fully saturated rings. The normalized spacial score (nSPS) is 25.4. The van der Waals surface area contributed by atoms with Crippen molar-refractivity contribution in [3.05, 3.63) is 29.8 Å². The lowest BCUT2D eigenvalue weighted by Gasteiger charge is -2.47. The van der Waals surface area contributed by atoms with Crippen LogP contribution in [0.5, 0.6) is 5.75 Å². The first kappa shape index (κ1) is 19.7. The number of hydrogen-bond donors (Lipinski definition) is 1. The van der Waals surface area contributed by atoms with Crippen molar-refractivity contribution in [1.29, 1.82) is 0 Å². The fourth-order valence-corrected chi connectivity index (χ4v) is 5.51. The van der Waals surface area contributed by atoms with Gasteiger partial charge < -0.3 is 19.9 Å². The first-order valence-electron chi connectivity index (χ1n) is 11.7. The van der Waals surface area contributed by atoms with Crippen LogP contribution < -0.4 is 10.1 Å². The van der Waals surface area contributed by atoms with Crippen LogP contribution in [-0.2, 0) is 4.79 Å². The van der Waals surface area contributed by atoms with Gasteiger partial charge in [-0.1, -0.05) is 18.2 Å². The predicted molar refractivity (Wildman–Crippen MR) is 115 cm³/mol. The molecule has 4 aliphatic rings. The third-order valence-electron chi connectivity index (χ3n) is 7.53. The molecule has 3 heterocycles. The lowest BCUT2D eigenvalue weighted by Crippen LogP contribution is -2.54.